The Morgan fingerprint density at radius 2 is 1.63 bits per heavy atom. The molecular formula is C15H25NO3. The molecule has 108 valence electrons. The van der Waals surface area contributed by atoms with E-state index in [9.17, 15) is 9.59 Å². The fourth-order valence-electron chi connectivity index (χ4n) is 1.36. The van der Waals surface area contributed by atoms with E-state index >= 15 is 0 Å². The normalized spacial score (nSPS) is 11.7. The van der Waals surface area contributed by atoms with Crippen LogP contribution in [0.1, 0.15) is 41.5 Å². The SMILES string of the molecule is C=CC(=O)N(CC(=C)C(=O)OC(C)(C)C)C(C)(C)C. The molecule has 0 unspecified atom stereocenters. The summed E-state index contributed by atoms with van der Waals surface area (Å²) in [6, 6.07) is 0. The zero-order valence-electron chi connectivity index (χ0n) is 12.9. The molecule has 0 fully saturated rings. The van der Waals surface area contributed by atoms with Crippen LogP contribution >= 0.6 is 0 Å². The van der Waals surface area contributed by atoms with Crippen LogP contribution in [0.25, 0.3) is 0 Å². The van der Waals surface area contributed by atoms with Crippen molar-refractivity contribution in [2.75, 3.05) is 6.54 Å². The van der Waals surface area contributed by atoms with Crippen LogP contribution in [0.5, 0.6) is 0 Å². The summed E-state index contributed by atoms with van der Waals surface area (Å²) >= 11 is 0. The Kier molecular flexibility index (Phi) is 5.54. The van der Waals surface area contributed by atoms with Gasteiger partial charge < -0.3 is 9.64 Å². The number of carbonyl (C=O) groups excluding carboxylic acids is 2. The lowest BCUT2D eigenvalue weighted by Crippen LogP contribution is -2.46. The minimum atomic E-state index is -0.574. The number of hydrogen-bond acceptors (Lipinski definition) is 3. The van der Waals surface area contributed by atoms with Crippen molar-refractivity contribution in [1.29, 1.82) is 0 Å². The van der Waals surface area contributed by atoms with E-state index in [1.165, 1.54) is 11.0 Å². The van der Waals surface area contributed by atoms with E-state index in [1.807, 2.05) is 20.8 Å². The molecule has 0 rings (SSSR count). The zero-order chi connectivity index (χ0) is 15.4. The molecule has 19 heavy (non-hydrogen) atoms. The van der Waals surface area contributed by atoms with E-state index < -0.39 is 17.1 Å². The van der Waals surface area contributed by atoms with Gasteiger partial charge in [-0.2, -0.15) is 0 Å². The van der Waals surface area contributed by atoms with Gasteiger partial charge >= 0.3 is 5.97 Å². The maximum Gasteiger partial charge on any atom is 0.335 e. The van der Waals surface area contributed by atoms with Crippen LogP contribution in [0.4, 0.5) is 0 Å². The number of carbonyl (C=O) groups is 2. The van der Waals surface area contributed by atoms with Gasteiger partial charge in [0.2, 0.25) is 5.91 Å². The Bertz CT molecular complexity index is 383. The van der Waals surface area contributed by atoms with E-state index in [2.05, 4.69) is 13.2 Å². The first-order valence-electron chi connectivity index (χ1n) is 6.23. The monoisotopic (exact) mass is 267 g/mol. The molecule has 0 aromatic rings. The fourth-order valence-corrected chi connectivity index (χ4v) is 1.36. The van der Waals surface area contributed by atoms with E-state index in [0.29, 0.717) is 0 Å². The van der Waals surface area contributed by atoms with Crippen LogP contribution < -0.4 is 0 Å². The minimum Gasteiger partial charge on any atom is -0.457 e. The molecule has 0 aliphatic rings. The third-order valence-electron chi connectivity index (χ3n) is 2.29. The predicted molar refractivity (Wildman–Crippen MR) is 76.6 cm³/mol. The molecule has 0 saturated heterocycles. The molecule has 0 spiro atoms. The highest BCUT2D eigenvalue weighted by Crippen LogP contribution is 2.17. The minimum absolute atomic E-state index is 0.128. The number of amides is 1. The molecule has 0 heterocycles. The van der Waals surface area contributed by atoms with Crippen molar-refractivity contribution in [3.63, 3.8) is 0 Å². The van der Waals surface area contributed by atoms with Gasteiger partial charge in [0.05, 0.1) is 6.54 Å². The summed E-state index contributed by atoms with van der Waals surface area (Å²) in [7, 11) is 0. The topological polar surface area (TPSA) is 46.6 Å². The Hall–Kier alpha value is -1.58. The maximum atomic E-state index is 11.8. The summed E-state index contributed by atoms with van der Waals surface area (Å²) in [5.74, 6) is -0.726. The predicted octanol–water partition coefficient (Wildman–Crippen LogP) is 2.70. The average Bonchev–Trinajstić information content (AvgIpc) is 2.20. The van der Waals surface area contributed by atoms with Crippen molar-refractivity contribution in [3.8, 4) is 0 Å². The van der Waals surface area contributed by atoms with Gasteiger partial charge in [-0.25, -0.2) is 4.79 Å². The van der Waals surface area contributed by atoms with Gasteiger partial charge in [0.25, 0.3) is 0 Å². The first kappa shape index (κ1) is 17.4. The van der Waals surface area contributed by atoms with Crippen LogP contribution in [0.3, 0.4) is 0 Å². The molecule has 4 nitrogen and oxygen atoms in total. The van der Waals surface area contributed by atoms with E-state index in [-0.39, 0.29) is 18.0 Å². The van der Waals surface area contributed by atoms with Gasteiger partial charge in [0.15, 0.2) is 0 Å². The van der Waals surface area contributed by atoms with Crippen LogP contribution in [0, 0.1) is 0 Å². The summed E-state index contributed by atoms with van der Waals surface area (Å²) in [5, 5.41) is 0. The molecule has 0 N–H and O–H groups in total. The second-order valence-corrected chi connectivity index (χ2v) is 6.40. The van der Waals surface area contributed by atoms with Gasteiger partial charge in [-0.05, 0) is 47.6 Å². The molecule has 0 saturated carbocycles. The number of esters is 1. The lowest BCUT2D eigenvalue weighted by atomic mass is 10.0. The summed E-state index contributed by atoms with van der Waals surface area (Å²) < 4.78 is 5.22. The van der Waals surface area contributed by atoms with E-state index in [0.717, 1.165) is 0 Å². The van der Waals surface area contributed by atoms with Crippen molar-refractivity contribution in [2.45, 2.75) is 52.7 Å². The van der Waals surface area contributed by atoms with Crippen LogP contribution in [-0.2, 0) is 14.3 Å². The number of hydrogen-bond donors (Lipinski definition) is 0. The molecule has 0 atom stereocenters. The van der Waals surface area contributed by atoms with Gasteiger partial charge in [0, 0.05) is 11.1 Å². The van der Waals surface area contributed by atoms with Crippen molar-refractivity contribution in [2.24, 2.45) is 0 Å². The Morgan fingerprint density at radius 1 is 1.16 bits per heavy atom. The molecule has 0 aliphatic carbocycles. The molecule has 0 aromatic heterocycles. The first-order valence-corrected chi connectivity index (χ1v) is 6.23. The highest BCUT2D eigenvalue weighted by Gasteiger charge is 2.28. The maximum absolute atomic E-state index is 11.8. The highest BCUT2D eigenvalue weighted by atomic mass is 16.6. The lowest BCUT2D eigenvalue weighted by Gasteiger charge is -2.35. The van der Waals surface area contributed by atoms with Gasteiger partial charge in [-0.3, -0.25) is 4.79 Å². The van der Waals surface area contributed by atoms with Crippen molar-refractivity contribution < 1.29 is 14.3 Å². The molecule has 0 bridgehead atoms. The summed E-state index contributed by atoms with van der Waals surface area (Å²) in [4.78, 5) is 25.2. The largest absolute Gasteiger partial charge is 0.457 e. The number of ether oxygens (including phenoxy) is 1. The molecule has 0 aliphatic heterocycles. The Labute approximate surface area is 116 Å². The number of nitrogens with zero attached hydrogens (tertiary/aromatic N) is 1. The summed E-state index contributed by atoms with van der Waals surface area (Å²) in [6.45, 7) is 18.3. The Balaban J connectivity index is 4.88. The molecule has 1 amide bonds. The molecule has 0 radical (unpaired) electrons. The van der Waals surface area contributed by atoms with Crippen molar-refractivity contribution in [1.82, 2.24) is 4.90 Å². The van der Waals surface area contributed by atoms with Gasteiger partial charge in [-0.15, -0.1) is 0 Å². The molecule has 0 aromatic carbocycles. The quantitative estimate of drug-likeness (QED) is 0.581. The van der Waals surface area contributed by atoms with E-state index in [1.54, 1.807) is 20.8 Å². The zero-order valence-corrected chi connectivity index (χ0v) is 12.9. The van der Waals surface area contributed by atoms with Crippen molar-refractivity contribution >= 4 is 11.9 Å². The van der Waals surface area contributed by atoms with Crippen LogP contribution in [-0.4, -0.2) is 34.5 Å². The third kappa shape index (κ3) is 6.22. The smallest absolute Gasteiger partial charge is 0.335 e. The lowest BCUT2D eigenvalue weighted by molar-refractivity contribution is -0.150. The van der Waals surface area contributed by atoms with Gasteiger partial charge in [0.1, 0.15) is 5.60 Å². The third-order valence-corrected chi connectivity index (χ3v) is 2.29. The number of rotatable bonds is 4. The molecule has 4 heteroatoms. The molecular weight excluding hydrogens is 242 g/mol. The highest BCUT2D eigenvalue weighted by molar-refractivity contribution is 5.92. The fraction of sp³-hybridized carbons (Fsp3) is 0.600. The summed E-state index contributed by atoms with van der Waals surface area (Å²) in [5.41, 5.74) is -0.745. The Morgan fingerprint density at radius 3 is 1.95 bits per heavy atom. The second-order valence-electron chi connectivity index (χ2n) is 6.40. The van der Waals surface area contributed by atoms with E-state index in [4.69, 9.17) is 4.74 Å². The van der Waals surface area contributed by atoms with Crippen molar-refractivity contribution in [3.05, 3.63) is 24.8 Å². The standard InChI is InChI=1S/C15H25NO3/c1-9-12(17)16(14(3,4)5)10-11(2)13(18)19-15(6,7)8/h9H,1-2,10H2,3-8H3. The second kappa shape index (κ2) is 6.04. The summed E-state index contributed by atoms with van der Waals surface area (Å²) in [6.07, 6.45) is 1.23. The van der Waals surface area contributed by atoms with Crippen LogP contribution in [0.2, 0.25) is 0 Å². The van der Waals surface area contributed by atoms with Crippen LogP contribution in [0.15, 0.2) is 24.8 Å². The average molecular weight is 267 g/mol. The van der Waals surface area contributed by atoms with Gasteiger partial charge in [-0.1, -0.05) is 13.2 Å². The first-order chi connectivity index (χ1) is 8.38.